The van der Waals surface area contributed by atoms with Gasteiger partial charge in [-0.1, -0.05) is 0 Å². The molecule has 2 aliphatic rings. The molecule has 0 bridgehead atoms. The molecule has 1 saturated carbocycles. The van der Waals surface area contributed by atoms with Crippen molar-refractivity contribution in [3.63, 3.8) is 0 Å². The van der Waals surface area contributed by atoms with Crippen LogP contribution >= 0.6 is 11.8 Å². The second kappa shape index (κ2) is 5.32. The summed E-state index contributed by atoms with van der Waals surface area (Å²) in [4.78, 5) is 25.2. The summed E-state index contributed by atoms with van der Waals surface area (Å²) in [5.74, 6) is 0.0434. The van der Waals surface area contributed by atoms with Gasteiger partial charge in [0, 0.05) is 17.7 Å². The van der Waals surface area contributed by atoms with Gasteiger partial charge in [-0.2, -0.15) is 0 Å². The van der Waals surface area contributed by atoms with Gasteiger partial charge in [0.25, 0.3) is 0 Å². The smallest absolute Gasteiger partial charge is 0.327 e. The van der Waals surface area contributed by atoms with E-state index < -0.39 is 17.6 Å². The highest BCUT2D eigenvalue weighted by molar-refractivity contribution is 8.00. The van der Waals surface area contributed by atoms with Crippen LogP contribution in [0.2, 0.25) is 0 Å². The van der Waals surface area contributed by atoms with Gasteiger partial charge >= 0.3 is 5.97 Å². The van der Waals surface area contributed by atoms with Crippen LogP contribution in [0.1, 0.15) is 39.5 Å². The normalized spacial score (nSPS) is 27.6. The van der Waals surface area contributed by atoms with E-state index in [9.17, 15) is 14.7 Å². The highest BCUT2D eigenvalue weighted by atomic mass is 32.2. The first-order valence-corrected chi connectivity index (χ1v) is 7.79. The summed E-state index contributed by atoms with van der Waals surface area (Å²) in [6.45, 7) is 3.76. The first kappa shape index (κ1) is 14.7. The standard InChI is InChI=1S/C13H22N2O3S/c1-13(2,14)6-5-10(16)15-9(12(17)18)7-19-11(15)8-3-4-8/h8-9,11H,3-7,14H2,1-2H3,(H,17,18). The van der Waals surface area contributed by atoms with Gasteiger partial charge in [-0.15, -0.1) is 11.8 Å². The molecule has 1 amide bonds. The maximum atomic E-state index is 12.3. The first-order chi connectivity index (χ1) is 8.79. The van der Waals surface area contributed by atoms with Gasteiger partial charge in [0.1, 0.15) is 6.04 Å². The SMILES string of the molecule is CC(C)(N)CCC(=O)N1C(C(=O)O)CSC1C1CC1. The maximum Gasteiger partial charge on any atom is 0.327 e. The lowest BCUT2D eigenvalue weighted by Gasteiger charge is -2.28. The van der Waals surface area contributed by atoms with Crippen LogP contribution < -0.4 is 5.73 Å². The number of carbonyl (C=O) groups excluding carboxylic acids is 1. The number of hydrogen-bond donors (Lipinski definition) is 2. The summed E-state index contributed by atoms with van der Waals surface area (Å²) >= 11 is 1.61. The van der Waals surface area contributed by atoms with Gasteiger partial charge in [0.15, 0.2) is 0 Å². The minimum atomic E-state index is -0.893. The van der Waals surface area contributed by atoms with E-state index in [0.717, 1.165) is 12.8 Å². The highest BCUT2D eigenvalue weighted by Gasteiger charge is 2.47. The van der Waals surface area contributed by atoms with Gasteiger partial charge in [0.05, 0.1) is 5.37 Å². The molecule has 0 radical (unpaired) electrons. The van der Waals surface area contributed by atoms with Crippen LogP contribution in [0.4, 0.5) is 0 Å². The Bertz CT molecular complexity index is 377. The summed E-state index contributed by atoms with van der Waals surface area (Å²) in [5, 5.41) is 9.31. The number of thioether (sulfide) groups is 1. The lowest BCUT2D eigenvalue weighted by atomic mass is 9.99. The fourth-order valence-electron chi connectivity index (χ4n) is 2.34. The van der Waals surface area contributed by atoms with Crippen molar-refractivity contribution in [3.05, 3.63) is 0 Å². The number of hydrogen-bond acceptors (Lipinski definition) is 4. The largest absolute Gasteiger partial charge is 0.480 e. The Kier molecular flexibility index (Phi) is 4.11. The van der Waals surface area contributed by atoms with Crippen LogP contribution in [0.25, 0.3) is 0 Å². The predicted molar refractivity (Wildman–Crippen MR) is 74.7 cm³/mol. The average molecular weight is 286 g/mol. The molecule has 0 aromatic rings. The van der Waals surface area contributed by atoms with Crippen molar-refractivity contribution in [1.29, 1.82) is 0 Å². The zero-order valence-electron chi connectivity index (χ0n) is 11.5. The molecule has 3 N–H and O–H groups in total. The lowest BCUT2D eigenvalue weighted by molar-refractivity contribution is -0.149. The quantitative estimate of drug-likeness (QED) is 0.795. The molecule has 1 aliphatic heterocycles. The number of rotatable bonds is 5. The summed E-state index contributed by atoms with van der Waals surface area (Å²) in [7, 11) is 0. The van der Waals surface area contributed by atoms with Crippen molar-refractivity contribution in [2.45, 2.75) is 56.5 Å². The molecule has 108 valence electrons. The fourth-order valence-corrected chi connectivity index (χ4v) is 3.99. The van der Waals surface area contributed by atoms with E-state index in [1.165, 1.54) is 0 Å². The van der Waals surface area contributed by atoms with Crippen molar-refractivity contribution in [1.82, 2.24) is 4.90 Å². The molecule has 0 aromatic heterocycles. The Morgan fingerprint density at radius 2 is 2.05 bits per heavy atom. The number of amides is 1. The van der Waals surface area contributed by atoms with E-state index in [1.54, 1.807) is 16.7 Å². The third-order valence-corrected chi connectivity index (χ3v) is 5.08. The zero-order chi connectivity index (χ0) is 14.2. The van der Waals surface area contributed by atoms with E-state index in [2.05, 4.69) is 0 Å². The second-order valence-corrected chi connectivity index (χ2v) is 7.35. The Labute approximate surface area is 117 Å². The monoisotopic (exact) mass is 286 g/mol. The topological polar surface area (TPSA) is 83.6 Å². The predicted octanol–water partition coefficient (Wildman–Crippen LogP) is 1.27. The summed E-state index contributed by atoms with van der Waals surface area (Å²) in [5.41, 5.74) is 5.50. The molecule has 5 nitrogen and oxygen atoms in total. The average Bonchev–Trinajstić information content (AvgIpc) is 3.03. The van der Waals surface area contributed by atoms with Crippen LogP contribution in [-0.4, -0.2) is 44.6 Å². The van der Waals surface area contributed by atoms with Crippen LogP contribution in [0.5, 0.6) is 0 Å². The van der Waals surface area contributed by atoms with E-state index >= 15 is 0 Å². The zero-order valence-corrected chi connectivity index (χ0v) is 12.3. The Balaban J connectivity index is 2.03. The number of nitrogens with zero attached hydrogens (tertiary/aromatic N) is 1. The third-order valence-electron chi connectivity index (χ3n) is 3.62. The Morgan fingerprint density at radius 3 is 2.53 bits per heavy atom. The third kappa shape index (κ3) is 3.63. The van der Waals surface area contributed by atoms with E-state index in [-0.39, 0.29) is 11.3 Å². The number of carbonyl (C=O) groups is 2. The molecule has 1 heterocycles. The molecule has 0 aromatic carbocycles. The molecule has 19 heavy (non-hydrogen) atoms. The number of carboxylic acid groups (broad SMARTS) is 1. The van der Waals surface area contributed by atoms with Crippen LogP contribution in [0.3, 0.4) is 0 Å². The fraction of sp³-hybridized carbons (Fsp3) is 0.846. The van der Waals surface area contributed by atoms with Gasteiger partial charge in [-0.3, -0.25) is 4.79 Å². The molecule has 1 aliphatic carbocycles. The van der Waals surface area contributed by atoms with Crippen molar-refractivity contribution in [2.75, 3.05) is 5.75 Å². The highest BCUT2D eigenvalue weighted by Crippen LogP contribution is 2.45. The summed E-state index contributed by atoms with van der Waals surface area (Å²) in [6, 6.07) is -0.663. The first-order valence-electron chi connectivity index (χ1n) is 6.74. The molecule has 1 saturated heterocycles. The number of aliphatic carboxylic acids is 1. The maximum absolute atomic E-state index is 12.3. The minimum absolute atomic E-state index is 0.0622. The number of nitrogens with two attached hydrogens (primary N) is 1. The molecule has 2 atom stereocenters. The van der Waals surface area contributed by atoms with Crippen molar-refractivity contribution in [3.8, 4) is 0 Å². The Hall–Kier alpha value is -0.750. The van der Waals surface area contributed by atoms with Crippen molar-refractivity contribution in [2.24, 2.45) is 11.7 Å². The van der Waals surface area contributed by atoms with Gasteiger partial charge in [-0.25, -0.2) is 4.79 Å². The van der Waals surface area contributed by atoms with Crippen molar-refractivity contribution >= 4 is 23.6 Å². The van der Waals surface area contributed by atoms with Crippen LogP contribution in [0, 0.1) is 5.92 Å². The van der Waals surface area contributed by atoms with Gasteiger partial charge < -0.3 is 15.7 Å². The molecule has 2 fully saturated rings. The molecule has 2 rings (SSSR count). The summed E-state index contributed by atoms with van der Waals surface area (Å²) < 4.78 is 0. The van der Waals surface area contributed by atoms with E-state index in [4.69, 9.17) is 5.73 Å². The van der Waals surface area contributed by atoms with Crippen LogP contribution in [0.15, 0.2) is 0 Å². The molecule has 0 spiro atoms. The van der Waals surface area contributed by atoms with Crippen LogP contribution in [-0.2, 0) is 9.59 Å². The molecule has 2 unspecified atom stereocenters. The molecular formula is C13H22N2O3S. The lowest BCUT2D eigenvalue weighted by Crippen LogP contribution is -2.47. The van der Waals surface area contributed by atoms with Crippen molar-refractivity contribution < 1.29 is 14.7 Å². The van der Waals surface area contributed by atoms with Gasteiger partial charge in [0.2, 0.25) is 5.91 Å². The Morgan fingerprint density at radius 1 is 1.42 bits per heavy atom. The molecular weight excluding hydrogens is 264 g/mol. The van der Waals surface area contributed by atoms with Gasteiger partial charge in [-0.05, 0) is 39.0 Å². The van der Waals surface area contributed by atoms with E-state index in [1.807, 2.05) is 13.8 Å². The minimum Gasteiger partial charge on any atom is -0.480 e. The van der Waals surface area contributed by atoms with E-state index in [0.29, 0.717) is 24.5 Å². The second-order valence-electron chi connectivity index (χ2n) is 6.20. The summed E-state index contributed by atoms with van der Waals surface area (Å²) in [6.07, 6.45) is 3.13. The molecule has 6 heteroatoms. The number of carboxylic acids is 1.